The van der Waals surface area contributed by atoms with Gasteiger partial charge >= 0.3 is 98.5 Å². The zero-order valence-electron chi connectivity index (χ0n) is 53.6. The summed E-state index contributed by atoms with van der Waals surface area (Å²) >= 11 is 3.22. The summed E-state index contributed by atoms with van der Waals surface area (Å²) in [5, 5.41) is 2.21. The molecule has 0 spiro atoms. The maximum Gasteiger partial charge on any atom is 2.00 e. The minimum absolute atomic E-state index is 0. The van der Waals surface area contributed by atoms with Crippen LogP contribution < -0.4 is 0 Å². The number of halogens is 2. The van der Waals surface area contributed by atoms with Gasteiger partial charge in [0.2, 0.25) is 0 Å². The van der Waals surface area contributed by atoms with E-state index in [0.717, 1.165) is 145 Å². The molecule has 0 fully saturated rings. The van der Waals surface area contributed by atoms with Crippen molar-refractivity contribution in [2.75, 3.05) is 0 Å². The molecule has 0 radical (unpaired) electrons. The average molecular weight is 2050 g/mol. The van der Waals surface area contributed by atoms with Gasteiger partial charge in [0.15, 0.2) is 0 Å². The van der Waals surface area contributed by atoms with Crippen LogP contribution >= 0.6 is 18.8 Å². The van der Waals surface area contributed by atoms with Crippen LogP contribution in [0.2, 0.25) is 0 Å². The molecule has 0 aliphatic carbocycles. The Labute approximate surface area is 643 Å². The smallest absolute Gasteiger partial charge is 0.295 e. The van der Waals surface area contributed by atoms with Gasteiger partial charge in [0.05, 0.1) is 11.0 Å². The fourth-order valence-corrected chi connectivity index (χ4v) is 10.9. The van der Waals surface area contributed by atoms with Gasteiger partial charge in [-0.1, -0.05) is 214 Å². The summed E-state index contributed by atoms with van der Waals surface area (Å²) in [5.41, 5.74) is 22.5. The Bertz CT molecular complexity index is 4670. The number of hydrogen-bond acceptors (Lipinski definition) is 8. The van der Waals surface area contributed by atoms with E-state index in [-0.39, 0.29) is 42.1 Å². The Hall–Kier alpha value is -9.19. The van der Waals surface area contributed by atoms with Crippen molar-refractivity contribution in [1.29, 1.82) is 0 Å². The summed E-state index contributed by atoms with van der Waals surface area (Å²) in [6.07, 6.45) is 10.8. The van der Waals surface area contributed by atoms with Gasteiger partial charge in [-0.3, -0.25) is 39.9 Å². The number of fused-ring (bicyclic) bond motifs is 2. The van der Waals surface area contributed by atoms with Gasteiger partial charge in [-0.25, -0.2) is 0 Å². The molecule has 14 heteroatoms. The number of nitrogens with zero attached hydrogens (tertiary/aromatic N) is 8. The van der Waals surface area contributed by atoms with E-state index in [9.17, 15) is 0 Å². The predicted octanol–water partition coefficient (Wildman–Crippen LogP) is 21.7. The first-order valence-electron chi connectivity index (χ1n) is 31.0. The summed E-state index contributed by atoms with van der Waals surface area (Å²) < 4.78 is 0. The molecule has 100 heavy (non-hydrogen) atoms. The van der Waals surface area contributed by atoms with Gasteiger partial charge in [-0.05, 0) is 59.3 Å². The number of rotatable bonds is 10. The molecule has 496 valence electrons. The van der Waals surface area contributed by atoms with E-state index in [1.165, 1.54) is 0 Å². The molecule has 16 rings (SSSR count). The van der Waals surface area contributed by atoms with Crippen LogP contribution in [0.3, 0.4) is 0 Å². The van der Waals surface area contributed by atoms with Crippen molar-refractivity contribution in [2.45, 2.75) is 13.8 Å². The molecule has 0 atom stereocenters. The number of benzene rings is 8. The first-order chi connectivity index (χ1) is 48.5. The molecule has 8 aromatic carbocycles. The third-order valence-corrected chi connectivity index (χ3v) is 15.6. The Morgan fingerprint density at radius 2 is 0.540 bits per heavy atom. The van der Waals surface area contributed by atoms with Gasteiger partial charge < -0.3 is 0 Å². The molecule has 0 bridgehead atoms. The van der Waals surface area contributed by atoms with E-state index in [2.05, 4.69) is 174 Å². The van der Waals surface area contributed by atoms with E-state index in [1.807, 2.05) is 207 Å². The zero-order valence-corrected chi connectivity index (χ0v) is 64.2. The van der Waals surface area contributed by atoms with Crippen molar-refractivity contribution in [3.8, 4) is 112 Å². The second-order valence-corrected chi connectivity index (χ2v) is 21.8. The molecule has 0 aliphatic rings. The van der Waals surface area contributed by atoms with Crippen LogP contribution in [0.1, 0.15) is 11.1 Å². The van der Waals surface area contributed by atoms with Crippen molar-refractivity contribution in [2.24, 2.45) is 0 Å². The molecule has 8 heterocycles. The monoisotopic (exact) mass is 2050 g/mol. The largest absolute Gasteiger partial charge is 2.00 e. The van der Waals surface area contributed by atoms with Gasteiger partial charge in [0.1, 0.15) is 0 Å². The van der Waals surface area contributed by atoms with E-state index >= 15 is 0 Å². The number of para-hydroxylation sites is 2. The Morgan fingerprint density at radius 3 is 0.790 bits per heavy atom. The second-order valence-electron chi connectivity index (χ2n) is 21.8. The molecule has 0 aliphatic heterocycles. The van der Waals surface area contributed by atoms with Gasteiger partial charge in [0, 0.05) is 82.7 Å². The topological polar surface area (TPSA) is 103 Å². The van der Waals surface area contributed by atoms with Crippen LogP contribution in [0.5, 0.6) is 0 Å². The van der Waals surface area contributed by atoms with Crippen molar-refractivity contribution in [1.82, 2.24) is 39.9 Å². The van der Waals surface area contributed by atoms with Crippen LogP contribution in [0.25, 0.3) is 134 Å². The van der Waals surface area contributed by atoms with Crippen LogP contribution in [0, 0.1) is 50.2 Å². The molecule has 0 amide bonds. The molecular formula is C86H58Cl2N8Pt4. The van der Waals surface area contributed by atoms with Crippen molar-refractivity contribution >= 4 is 40.6 Å². The number of pyridine rings is 8. The van der Waals surface area contributed by atoms with E-state index in [4.69, 9.17) is 19.9 Å². The van der Waals surface area contributed by atoms with Gasteiger partial charge in [-0.15, -0.1) is 71.8 Å². The quantitative estimate of drug-likeness (QED) is 0.125. The standard InChI is InChI=1S/C42H28N4.C32H20N4.2C6H5.2ClH.4Pt/c1-27-33(23-31(37-13-7-9-21-43-37)25-35(27)41-19-17-29-11-3-5-15-39(29)45-41)34-24-32(38-14-8-10-22-44-38)26-36(28(34)2)42-20-18-30-12-4-6-16-40(30)46-42;1-5-13-33-29(9-1)25-17-23(18-26(21-25)30-10-2-6-14-34-30)24-19-27(31-11-3-7-15-35-31)22-28(20-24)32-12-4-8-16-36-32;2*1-2-4-6-5-3-1;;;;;;/h3-24H,1-2H3;1-20H;2*1-5H;2*1H;;;;/q2*-2;2*-1;;;4*+2/p-2. The fourth-order valence-electron chi connectivity index (χ4n) is 10.9. The predicted molar refractivity (Wildman–Crippen MR) is 392 cm³/mol. The molecule has 8 aromatic heterocycles. The normalized spacial score (nSPS) is 10.2. The second kappa shape index (κ2) is 39.0. The minimum atomic E-state index is 0. The first-order valence-corrected chi connectivity index (χ1v) is 36.6. The average Bonchev–Trinajstić information content (AvgIpc) is 0.766. The summed E-state index contributed by atoms with van der Waals surface area (Å²) in [6.45, 7) is 4.32. The Morgan fingerprint density at radius 1 is 0.270 bits per heavy atom. The molecule has 0 saturated carbocycles. The van der Waals surface area contributed by atoms with Crippen LogP contribution in [0.15, 0.2) is 316 Å². The minimum Gasteiger partial charge on any atom is -0.295 e. The number of hydrogen-bond donors (Lipinski definition) is 0. The fraction of sp³-hybridized carbons (Fsp3) is 0.0233. The van der Waals surface area contributed by atoms with Gasteiger partial charge in [-0.2, -0.15) is 72.8 Å². The number of aromatic nitrogens is 8. The Kier molecular flexibility index (Phi) is 29.2. The summed E-state index contributed by atoms with van der Waals surface area (Å²) in [4.78, 5) is 37.8. The van der Waals surface area contributed by atoms with Crippen LogP contribution in [-0.2, 0) is 79.7 Å². The summed E-state index contributed by atoms with van der Waals surface area (Å²) in [6, 6.07) is 113. The van der Waals surface area contributed by atoms with Crippen molar-refractivity contribution in [3.05, 3.63) is 364 Å². The first kappa shape index (κ1) is 75.0. The van der Waals surface area contributed by atoms with E-state index in [1.54, 1.807) is 62.3 Å². The molecular weight excluding hydrogens is 2000 g/mol. The SMILES string of the molecule is Cc1c(-c2ccc3ccccc3n2)[c-]c(-c2ccccn2)cc1-c1cc(-c2ccccn2)[c-]c(-c2ccc3ccccc3n2)c1C.[Cl][Pt+].[Cl][Pt+].[Pt+2].[Pt+2].[c-]1c(-c2ccccn2)cc(-c2cc(-c3ccccn3)[c-]c(-c3ccccn3)c2)cc1-c1ccccn1.[c-]1ccccc1.[c-]1ccccc1. The zero-order chi connectivity index (χ0) is 67.7. The Balaban J connectivity index is 0.000000191. The van der Waals surface area contributed by atoms with Crippen molar-refractivity contribution < 1.29 is 79.7 Å². The van der Waals surface area contributed by atoms with Crippen LogP contribution in [-0.4, -0.2) is 39.9 Å². The molecule has 8 nitrogen and oxygen atoms in total. The molecule has 0 saturated heterocycles. The maximum atomic E-state index is 5.08. The maximum absolute atomic E-state index is 5.08. The molecule has 16 aromatic rings. The third kappa shape index (κ3) is 19.6. The summed E-state index contributed by atoms with van der Waals surface area (Å²) in [5.74, 6) is 0. The van der Waals surface area contributed by atoms with Crippen molar-refractivity contribution in [3.63, 3.8) is 0 Å². The van der Waals surface area contributed by atoms with Crippen LogP contribution in [0.4, 0.5) is 0 Å². The third-order valence-electron chi connectivity index (χ3n) is 15.6. The molecule has 0 unspecified atom stereocenters. The molecule has 0 N–H and O–H groups in total. The van der Waals surface area contributed by atoms with E-state index < -0.39 is 0 Å². The van der Waals surface area contributed by atoms with Gasteiger partial charge in [0.25, 0.3) is 0 Å². The summed E-state index contributed by atoms with van der Waals surface area (Å²) in [7, 11) is 9.22. The van der Waals surface area contributed by atoms with E-state index in [0.29, 0.717) is 0 Å².